The van der Waals surface area contributed by atoms with Gasteiger partial charge in [-0.05, 0) is 31.7 Å². The van der Waals surface area contributed by atoms with Crippen LogP contribution in [-0.4, -0.2) is 29.9 Å². The number of hydrogen-bond donors (Lipinski definition) is 2. The van der Waals surface area contributed by atoms with Crippen LogP contribution < -0.4 is 4.90 Å². The summed E-state index contributed by atoms with van der Waals surface area (Å²) in [6.45, 7) is 3.20. The molecular formula is C14H20FNO2. The Morgan fingerprint density at radius 3 is 2.94 bits per heavy atom. The summed E-state index contributed by atoms with van der Waals surface area (Å²) in [5.74, 6) is -0.104. The lowest BCUT2D eigenvalue weighted by atomic mass is 9.97. The van der Waals surface area contributed by atoms with Gasteiger partial charge in [0.2, 0.25) is 0 Å². The summed E-state index contributed by atoms with van der Waals surface area (Å²) in [6.07, 6.45) is 1.23. The molecule has 1 aromatic rings. The number of aliphatic hydroxyl groups is 2. The lowest BCUT2D eigenvalue weighted by Gasteiger charge is -2.35. The first-order valence-electron chi connectivity index (χ1n) is 6.45. The van der Waals surface area contributed by atoms with Crippen molar-refractivity contribution in [1.29, 1.82) is 0 Å². The van der Waals surface area contributed by atoms with Gasteiger partial charge in [-0.2, -0.15) is 0 Å². The summed E-state index contributed by atoms with van der Waals surface area (Å²) < 4.78 is 14.0. The number of benzene rings is 1. The quantitative estimate of drug-likeness (QED) is 0.867. The van der Waals surface area contributed by atoms with Crippen molar-refractivity contribution in [2.24, 2.45) is 5.92 Å². The Labute approximate surface area is 107 Å². The molecule has 1 fully saturated rings. The topological polar surface area (TPSA) is 43.7 Å². The molecule has 2 atom stereocenters. The van der Waals surface area contributed by atoms with Crippen molar-refractivity contribution in [1.82, 2.24) is 0 Å². The largest absolute Gasteiger partial charge is 0.396 e. The Balaban J connectivity index is 2.31. The number of piperidine rings is 1. The zero-order valence-electron chi connectivity index (χ0n) is 10.6. The van der Waals surface area contributed by atoms with E-state index in [1.54, 1.807) is 19.1 Å². The Hall–Kier alpha value is -1.13. The van der Waals surface area contributed by atoms with Crippen LogP contribution in [0.2, 0.25) is 0 Å². The maximum Gasteiger partial charge on any atom is 0.146 e. The minimum atomic E-state index is -0.690. The lowest BCUT2D eigenvalue weighted by Crippen LogP contribution is -2.38. The van der Waals surface area contributed by atoms with Crippen molar-refractivity contribution in [3.05, 3.63) is 29.6 Å². The van der Waals surface area contributed by atoms with E-state index in [0.717, 1.165) is 19.4 Å². The van der Waals surface area contributed by atoms with Crippen molar-refractivity contribution in [3.8, 4) is 0 Å². The van der Waals surface area contributed by atoms with Gasteiger partial charge in [0.1, 0.15) is 5.82 Å². The molecule has 4 heteroatoms. The van der Waals surface area contributed by atoms with E-state index in [-0.39, 0.29) is 18.3 Å². The third-order valence-electron chi connectivity index (χ3n) is 3.56. The van der Waals surface area contributed by atoms with Crippen LogP contribution in [0.3, 0.4) is 0 Å². The molecule has 2 N–H and O–H groups in total. The molecule has 0 spiro atoms. The highest BCUT2D eigenvalue weighted by Gasteiger charge is 2.24. The van der Waals surface area contributed by atoms with Crippen LogP contribution in [-0.2, 0) is 0 Å². The summed E-state index contributed by atoms with van der Waals surface area (Å²) in [5, 5.41) is 19.0. The molecule has 0 radical (unpaired) electrons. The number of rotatable bonds is 3. The lowest BCUT2D eigenvalue weighted by molar-refractivity contribution is 0.196. The predicted octanol–water partition coefficient (Wildman–Crippen LogP) is 2.09. The zero-order valence-corrected chi connectivity index (χ0v) is 10.6. The van der Waals surface area contributed by atoms with Gasteiger partial charge >= 0.3 is 0 Å². The van der Waals surface area contributed by atoms with Gasteiger partial charge < -0.3 is 15.1 Å². The van der Waals surface area contributed by atoms with Crippen molar-refractivity contribution in [2.75, 3.05) is 24.6 Å². The standard InChI is InChI=1S/C14H20FNO2/c1-10(18)12-5-2-6-13(15)14(12)16-7-3-4-11(8-16)9-17/h2,5-6,10-11,17-18H,3-4,7-9H2,1H3/t10-,11?/m0/s1. The normalized spacial score (nSPS) is 22.0. The maximum absolute atomic E-state index is 14.0. The molecule has 2 rings (SSSR count). The highest BCUT2D eigenvalue weighted by atomic mass is 19.1. The van der Waals surface area contributed by atoms with Crippen LogP contribution in [0.4, 0.5) is 10.1 Å². The fourth-order valence-electron chi connectivity index (χ4n) is 2.62. The average molecular weight is 253 g/mol. The van der Waals surface area contributed by atoms with Gasteiger partial charge in [0.05, 0.1) is 11.8 Å². The van der Waals surface area contributed by atoms with E-state index in [1.807, 2.05) is 4.90 Å². The molecule has 1 aliphatic heterocycles. The molecule has 3 nitrogen and oxygen atoms in total. The number of hydrogen-bond acceptors (Lipinski definition) is 3. The van der Waals surface area contributed by atoms with E-state index in [0.29, 0.717) is 17.8 Å². The molecule has 0 saturated carbocycles. The number of nitrogens with zero attached hydrogens (tertiary/aromatic N) is 1. The fourth-order valence-corrected chi connectivity index (χ4v) is 2.62. The van der Waals surface area contributed by atoms with E-state index in [4.69, 9.17) is 0 Å². The van der Waals surface area contributed by atoms with Gasteiger partial charge in [-0.15, -0.1) is 0 Å². The number of anilines is 1. The number of aliphatic hydroxyl groups excluding tert-OH is 2. The van der Waals surface area contributed by atoms with Crippen LogP contribution in [0.5, 0.6) is 0 Å². The van der Waals surface area contributed by atoms with Gasteiger partial charge in [-0.25, -0.2) is 4.39 Å². The second-order valence-corrected chi connectivity index (χ2v) is 4.99. The Bertz CT molecular complexity index is 409. The summed E-state index contributed by atoms with van der Waals surface area (Å²) in [6, 6.07) is 4.80. The highest BCUT2D eigenvalue weighted by Crippen LogP contribution is 2.32. The van der Waals surface area contributed by atoms with Crippen molar-refractivity contribution < 1.29 is 14.6 Å². The molecule has 0 amide bonds. The molecule has 100 valence electrons. The minimum Gasteiger partial charge on any atom is -0.396 e. The number of halogens is 1. The van der Waals surface area contributed by atoms with Crippen LogP contribution >= 0.6 is 0 Å². The summed E-state index contributed by atoms with van der Waals surface area (Å²) in [7, 11) is 0. The molecule has 18 heavy (non-hydrogen) atoms. The number of para-hydroxylation sites is 1. The molecule has 0 aliphatic carbocycles. The van der Waals surface area contributed by atoms with E-state index in [1.165, 1.54) is 6.07 Å². The highest BCUT2D eigenvalue weighted by molar-refractivity contribution is 5.56. The third kappa shape index (κ3) is 2.65. The van der Waals surface area contributed by atoms with Crippen LogP contribution in [0.1, 0.15) is 31.4 Å². The SMILES string of the molecule is C[C@H](O)c1cccc(F)c1N1CCCC(CO)C1. The van der Waals surface area contributed by atoms with Crippen LogP contribution in [0, 0.1) is 11.7 Å². The first-order valence-corrected chi connectivity index (χ1v) is 6.45. The van der Waals surface area contributed by atoms with Gasteiger partial charge in [0, 0.05) is 25.3 Å². The Morgan fingerprint density at radius 2 is 2.28 bits per heavy atom. The van der Waals surface area contributed by atoms with Crippen molar-refractivity contribution in [2.45, 2.75) is 25.9 Å². The Morgan fingerprint density at radius 1 is 1.50 bits per heavy atom. The van der Waals surface area contributed by atoms with E-state index < -0.39 is 6.10 Å². The minimum absolute atomic E-state index is 0.134. The predicted molar refractivity (Wildman–Crippen MR) is 69.1 cm³/mol. The van der Waals surface area contributed by atoms with Gasteiger partial charge in [-0.3, -0.25) is 0 Å². The molecule has 1 saturated heterocycles. The molecule has 1 aromatic carbocycles. The van der Waals surface area contributed by atoms with Crippen molar-refractivity contribution in [3.63, 3.8) is 0 Å². The third-order valence-corrected chi connectivity index (χ3v) is 3.56. The van der Waals surface area contributed by atoms with Crippen LogP contribution in [0.15, 0.2) is 18.2 Å². The van der Waals surface area contributed by atoms with Crippen LogP contribution in [0.25, 0.3) is 0 Å². The van der Waals surface area contributed by atoms with E-state index in [2.05, 4.69) is 0 Å². The first-order chi connectivity index (χ1) is 8.63. The average Bonchev–Trinajstić information content (AvgIpc) is 2.38. The molecule has 1 aliphatic rings. The molecule has 0 aromatic heterocycles. The van der Waals surface area contributed by atoms with E-state index >= 15 is 0 Å². The second kappa shape index (κ2) is 5.67. The molecular weight excluding hydrogens is 233 g/mol. The molecule has 0 bridgehead atoms. The van der Waals surface area contributed by atoms with Gasteiger partial charge in [0.15, 0.2) is 0 Å². The van der Waals surface area contributed by atoms with Gasteiger partial charge in [0.25, 0.3) is 0 Å². The van der Waals surface area contributed by atoms with Gasteiger partial charge in [-0.1, -0.05) is 12.1 Å². The summed E-state index contributed by atoms with van der Waals surface area (Å²) in [4.78, 5) is 1.95. The molecule has 1 unspecified atom stereocenters. The summed E-state index contributed by atoms with van der Waals surface area (Å²) in [5.41, 5.74) is 1.11. The Kier molecular flexibility index (Phi) is 4.19. The summed E-state index contributed by atoms with van der Waals surface area (Å²) >= 11 is 0. The second-order valence-electron chi connectivity index (χ2n) is 4.99. The fraction of sp³-hybridized carbons (Fsp3) is 0.571. The smallest absolute Gasteiger partial charge is 0.146 e. The van der Waals surface area contributed by atoms with Crippen molar-refractivity contribution >= 4 is 5.69 Å². The van der Waals surface area contributed by atoms with E-state index in [9.17, 15) is 14.6 Å². The zero-order chi connectivity index (χ0) is 13.1. The maximum atomic E-state index is 14.0. The first kappa shape index (κ1) is 13.3. The molecule has 1 heterocycles. The monoisotopic (exact) mass is 253 g/mol.